The summed E-state index contributed by atoms with van der Waals surface area (Å²) in [6.45, 7) is 12.2. The third-order valence-electron chi connectivity index (χ3n) is 2.55. The smallest absolute Gasteiger partial charge is 0.251 e. The van der Waals surface area contributed by atoms with Crippen molar-refractivity contribution in [3.8, 4) is 0 Å². The summed E-state index contributed by atoms with van der Waals surface area (Å²) in [6, 6.07) is 0. The number of rotatable bonds is 4. The van der Waals surface area contributed by atoms with Gasteiger partial charge >= 0.3 is 0 Å². The van der Waals surface area contributed by atoms with Gasteiger partial charge < -0.3 is 19.1 Å². The molecule has 0 aliphatic heterocycles. The van der Waals surface area contributed by atoms with Crippen molar-refractivity contribution in [1.82, 2.24) is 0 Å². The second kappa shape index (κ2) is 8.81. The van der Waals surface area contributed by atoms with E-state index in [-0.39, 0.29) is 6.61 Å². The molecule has 0 radical (unpaired) electrons. The van der Waals surface area contributed by atoms with Crippen LogP contribution >= 0.6 is 0 Å². The fraction of sp³-hybridized carbons (Fsp3) is 0.900. The number of nitrogens with zero attached hydrogens (tertiary/aromatic N) is 1. The van der Waals surface area contributed by atoms with Crippen LogP contribution in [0.15, 0.2) is 0 Å². The Hall–Kier alpha value is -0.770. The summed E-state index contributed by atoms with van der Waals surface area (Å²) in [5.41, 5.74) is 0. The van der Waals surface area contributed by atoms with Crippen molar-refractivity contribution in [1.29, 1.82) is 0 Å². The largest absolute Gasteiger partial charge is 0.550 e. The predicted molar refractivity (Wildman–Crippen MR) is 54.8 cm³/mol. The molecule has 86 valence electrons. The van der Waals surface area contributed by atoms with Crippen molar-refractivity contribution in [2.45, 2.75) is 27.7 Å². The van der Waals surface area contributed by atoms with Crippen molar-refractivity contribution in [3.05, 3.63) is 0 Å². The predicted octanol–water partition coefficient (Wildman–Crippen LogP) is 0.859. The number of quaternary nitrogens is 1. The molecule has 0 aromatic carbocycles. The van der Waals surface area contributed by atoms with Crippen molar-refractivity contribution < 1.29 is 19.1 Å². The lowest BCUT2D eigenvalue weighted by Crippen LogP contribution is -2.42. The van der Waals surface area contributed by atoms with Gasteiger partial charge in [-0.25, -0.2) is 0 Å². The summed E-state index contributed by atoms with van der Waals surface area (Å²) >= 11 is 0. The van der Waals surface area contributed by atoms with Crippen LogP contribution in [0.25, 0.3) is 0 Å². The fourth-order valence-electron chi connectivity index (χ4n) is 0.789. The summed E-state index contributed by atoms with van der Waals surface area (Å²) in [5, 5.41) is 9.27. The average Bonchev–Trinajstić information content (AvgIpc) is 2.17. The Morgan fingerprint density at radius 1 is 1.14 bits per heavy atom. The third-order valence-corrected chi connectivity index (χ3v) is 2.55. The normalized spacial score (nSPS) is 10.1. The highest BCUT2D eigenvalue weighted by atomic mass is 16.7. The number of ether oxygens (including phenoxy) is 1. The Morgan fingerprint density at radius 2 is 1.50 bits per heavy atom. The zero-order valence-corrected chi connectivity index (χ0v) is 10.0. The van der Waals surface area contributed by atoms with E-state index >= 15 is 0 Å². The molecule has 0 saturated heterocycles. The molecule has 14 heavy (non-hydrogen) atoms. The first-order valence-electron chi connectivity index (χ1n) is 5.13. The van der Waals surface area contributed by atoms with Gasteiger partial charge in [-0.05, 0) is 27.7 Å². The molecule has 0 bridgehead atoms. The van der Waals surface area contributed by atoms with Gasteiger partial charge in [0, 0.05) is 6.61 Å². The molecule has 4 heteroatoms. The van der Waals surface area contributed by atoms with Crippen molar-refractivity contribution in [3.63, 3.8) is 0 Å². The molecule has 0 aliphatic rings. The number of carboxylic acid groups (broad SMARTS) is 1. The highest BCUT2D eigenvalue weighted by molar-refractivity contribution is 5.53. The zero-order chi connectivity index (χ0) is 11.6. The second-order valence-corrected chi connectivity index (χ2v) is 3.25. The molecule has 0 spiro atoms. The van der Waals surface area contributed by atoms with Crippen LogP contribution in [0.5, 0.6) is 0 Å². The van der Waals surface area contributed by atoms with Crippen LogP contribution in [0.2, 0.25) is 0 Å². The van der Waals surface area contributed by atoms with Gasteiger partial charge in [0.1, 0.15) is 0 Å². The summed E-state index contributed by atoms with van der Waals surface area (Å²) in [4.78, 5) is 9.27. The summed E-state index contributed by atoms with van der Waals surface area (Å²) < 4.78 is 5.06. The van der Waals surface area contributed by atoms with Gasteiger partial charge in [-0.1, -0.05) is 0 Å². The Morgan fingerprint density at radius 3 is 1.50 bits per heavy atom. The lowest BCUT2D eigenvalue weighted by atomic mass is 10.4. The van der Waals surface area contributed by atoms with E-state index in [9.17, 15) is 9.90 Å². The molecule has 0 unspecified atom stereocenters. The fourth-order valence-corrected chi connectivity index (χ4v) is 0.789. The maximum absolute atomic E-state index is 9.27. The van der Waals surface area contributed by atoms with Gasteiger partial charge in [0.05, 0.1) is 26.7 Å². The molecule has 0 rings (SSSR count). The van der Waals surface area contributed by atoms with Crippen molar-refractivity contribution in [2.24, 2.45) is 0 Å². The molecule has 0 amide bonds. The molecular formula is C10H23NO3. The van der Waals surface area contributed by atoms with Gasteiger partial charge in [-0.3, -0.25) is 0 Å². The first-order chi connectivity index (χ1) is 6.45. The summed E-state index contributed by atoms with van der Waals surface area (Å²) in [5.74, 6) is 0. The molecule has 0 aromatic rings. The first kappa shape index (κ1) is 15.7. The molecule has 0 N–H and O–H groups in total. The van der Waals surface area contributed by atoms with Crippen molar-refractivity contribution >= 4 is 6.16 Å². The van der Waals surface area contributed by atoms with Crippen LogP contribution < -0.4 is 5.11 Å². The number of carbonyl (C=O) groups excluding carboxylic acids is 1. The Labute approximate surface area is 87.1 Å². The highest BCUT2D eigenvalue weighted by Gasteiger charge is 2.10. The molecule has 0 fully saturated rings. The maximum Gasteiger partial charge on any atom is 0.251 e. The van der Waals surface area contributed by atoms with E-state index in [1.807, 2.05) is 0 Å². The lowest BCUT2D eigenvalue weighted by Gasteiger charge is -2.30. The van der Waals surface area contributed by atoms with E-state index < -0.39 is 6.16 Å². The minimum Gasteiger partial charge on any atom is -0.550 e. The van der Waals surface area contributed by atoms with Gasteiger partial charge in [0.25, 0.3) is 6.16 Å². The van der Waals surface area contributed by atoms with E-state index in [0.717, 1.165) is 0 Å². The Kier molecular flexibility index (Phi) is 9.88. The highest BCUT2D eigenvalue weighted by Crippen LogP contribution is 1.97. The van der Waals surface area contributed by atoms with Gasteiger partial charge in [-0.2, -0.15) is 0 Å². The minimum absolute atomic E-state index is 0.169. The molecule has 0 saturated carbocycles. The molecular weight excluding hydrogens is 182 g/mol. The second-order valence-electron chi connectivity index (χ2n) is 3.25. The standard InChI is InChI=1S/C7H18N.C3H6O3/c1-5-8(4,6-2)7-3;1-2-6-3(4)5/h5-7H2,1-4H3;2H2,1H3,(H,4,5)/q+1;/p-1. The number of carbonyl (C=O) groups is 1. The molecule has 4 nitrogen and oxygen atoms in total. The van der Waals surface area contributed by atoms with E-state index in [0.29, 0.717) is 0 Å². The van der Waals surface area contributed by atoms with Gasteiger partial charge in [0.15, 0.2) is 0 Å². The van der Waals surface area contributed by atoms with Crippen molar-refractivity contribution in [2.75, 3.05) is 33.3 Å². The van der Waals surface area contributed by atoms with E-state index in [1.165, 1.54) is 24.1 Å². The number of hydrogen-bond acceptors (Lipinski definition) is 3. The average molecular weight is 205 g/mol. The minimum atomic E-state index is -1.46. The monoisotopic (exact) mass is 205 g/mol. The zero-order valence-electron chi connectivity index (χ0n) is 10.0. The summed E-state index contributed by atoms with van der Waals surface area (Å²) in [7, 11) is 2.29. The van der Waals surface area contributed by atoms with Crippen LogP contribution in [0.3, 0.4) is 0 Å². The maximum atomic E-state index is 9.27. The van der Waals surface area contributed by atoms with E-state index in [4.69, 9.17) is 0 Å². The lowest BCUT2D eigenvalue weighted by molar-refractivity contribution is -0.904. The van der Waals surface area contributed by atoms with Crippen LogP contribution in [-0.4, -0.2) is 43.9 Å². The summed E-state index contributed by atoms with van der Waals surface area (Å²) in [6.07, 6.45) is -1.46. The third kappa shape index (κ3) is 9.32. The molecule has 0 heterocycles. The first-order valence-corrected chi connectivity index (χ1v) is 5.13. The van der Waals surface area contributed by atoms with Crippen LogP contribution in [0.1, 0.15) is 27.7 Å². The van der Waals surface area contributed by atoms with Crippen LogP contribution in [-0.2, 0) is 4.74 Å². The molecule has 0 atom stereocenters. The van der Waals surface area contributed by atoms with Crippen LogP contribution in [0, 0.1) is 0 Å². The van der Waals surface area contributed by atoms with E-state index in [1.54, 1.807) is 6.92 Å². The van der Waals surface area contributed by atoms with Gasteiger partial charge in [0.2, 0.25) is 0 Å². The number of hydrogen-bond donors (Lipinski definition) is 0. The van der Waals surface area contributed by atoms with Crippen LogP contribution in [0.4, 0.5) is 4.79 Å². The Balaban J connectivity index is 0. The molecule has 0 aliphatic carbocycles. The Bertz CT molecular complexity index is 136. The molecule has 0 aromatic heterocycles. The van der Waals surface area contributed by atoms with Gasteiger partial charge in [-0.15, -0.1) is 0 Å². The SMILES string of the molecule is CCOC(=O)[O-].CC[N+](C)(CC)CC. The van der Waals surface area contributed by atoms with E-state index in [2.05, 4.69) is 32.6 Å². The topological polar surface area (TPSA) is 49.4 Å². The quantitative estimate of drug-likeness (QED) is 0.505.